The highest BCUT2D eigenvalue weighted by Gasteiger charge is 2.25. The van der Waals surface area contributed by atoms with Crippen molar-refractivity contribution < 1.29 is 29.7 Å². The van der Waals surface area contributed by atoms with Gasteiger partial charge in [-0.2, -0.15) is 0 Å². The number of benzene rings is 1. The van der Waals surface area contributed by atoms with E-state index in [9.17, 15) is 29.7 Å². The fraction of sp³-hybridized carbons (Fsp3) is 0.750. The van der Waals surface area contributed by atoms with E-state index >= 15 is 0 Å². The van der Waals surface area contributed by atoms with Crippen LogP contribution in [0.1, 0.15) is 186 Å². The van der Waals surface area contributed by atoms with Crippen LogP contribution in [0.15, 0.2) is 0 Å². The number of unbranched alkanes of at least 4 members (excludes halogenated alkanes) is 9. The van der Waals surface area contributed by atoms with Gasteiger partial charge in [-0.3, -0.25) is 0 Å². The second kappa shape index (κ2) is 20.5. The highest BCUT2D eigenvalue weighted by Crippen LogP contribution is 2.33. The smallest absolute Gasteiger partial charge is 0.0725 e. The molecule has 0 unspecified atom stereocenters. The SMILES string of the molecule is CC(C)CCCCCCc1c(CCCCCCC(C)C)c(C(=O)[O-])c(C(=O)[O-])c(CCCCCCC(C)C)c1C(=O)[O-]. The molecule has 1 aromatic carbocycles. The minimum atomic E-state index is -1.66. The Labute approximate surface area is 255 Å². The summed E-state index contributed by atoms with van der Waals surface area (Å²) in [6.07, 6.45) is 14.8. The highest BCUT2D eigenvalue weighted by molar-refractivity contribution is 6.06. The van der Waals surface area contributed by atoms with Crippen molar-refractivity contribution in [3.63, 3.8) is 0 Å². The number of hydrogen-bond acceptors (Lipinski definition) is 6. The van der Waals surface area contributed by atoms with Gasteiger partial charge in [-0.15, -0.1) is 0 Å². The van der Waals surface area contributed by atoms with Gasteiger partial charge in [0.05, 0.1) is 17.9 Å². The van der Waals surface area contributed by atoms with Gasteiger partial charge in [-0.05, 0) is 73.0 Å². The van der Waals surface area contributed by atoms with Crippen molar-refractivity contribution in [1.82, 2.24) is 0 Å². The molecule has 0 atom stereocenters. The summed E-state index contributed by atoms with van der Waals surface area (Å²) in [4.78, 5) is 37.6. The van der Waals surface area contributed by atoms with E-state index in [-0.39, 0.29) is 23.1 Å². The van der Waals surface area contributed by atoms with Crippen LogP contribution in [0.25, 0.3) is 0 Å². The van der Waals surface area contributed by atoms with Crippen molar-refractivity contribution in [1.29, 1.82) is 0 Å². The number of hydrogen-bond donors (Lipinski definition) is 0. The first-order valence-corrected chi connectivity index (χ1v) is 16.7. The van der Waals surface area contributed by atoms with Gasteiger partial charge in [0, 0.05) is 16.7 Å². The molecule has 0 aliphatic carbocycles. The quantitative estimate of drug-likeness (QED) is 0.133. The molecule has 0 fully saturated rings. The van der Waals surface area contributed by atoms with Crippen LogP contribution in [-0.4, -0.2) is 17.9 Å². The number of rotatable bonds is 24. The average molecular weight is 586 g/mol. The molecule has 1 aromatic rings. The van der Waals surface area contributed by atoms with Gasteiger partial charge >= 0.3 is 0 Å². The Morgan fingerprint density at radius 3 is 0.976 bits per heavy atom. The van der Waals surface area contributed by atoms with Crippen LogP contribution in [0.4, 0.5) is 0 Å². The van der Waals surface area contributed by atoms with Crippen LogP contribution < -0.4 is 15.3 Å². The van der Waals surface area contributed by atoms with Crippen molar-refractivity contribution in [2.45, 2.75) is 157 Å². The first-order valence-electron chi connectivity index (χ1n) is 16.7. The van der Waals surface area contributed by atoms with E-state index in [1.807, 2.05) is 0 Å². The molecular weight excluding hydrogens is 528 g/mol. The van der Waals surface area contributed by atoms with Gasteiger partial charge in [-0.1, -0.05) is 119 Å². The van der Waals surface area contributed by atoms with E-state index in [4.69, 9.17) is 0 Å². The zero-order chi connectivity index (χ0) is 31.7. The van der Waals surface area contributed by atoms with Crippen LogP contribution in [0.5, 0.6) is 0 Å². The molecule has 0 aromatic heterocycles. The third kappa shape index (κ3) is 13.7. The summed E-state index contributed by atoms with van der Waals surface area (Å²) in [5.74, 6) is -2.85. The lowest BCUT2D eigenvalue weighted by atomic mass is 9.80. The Bertz CT molecular complexity index is 976. The van der Waals surface area contributed by atoms with Crippen LogP contribution >= 0.6 is 0 Å². The fourth-order valence-corrected chi connectivity index (χ4v) is 6.03. The summed E-state index contributed by atoms with van der Waals surface area (Å²) in [6, 6.07) is 0. The normalized spacial score (nSPS) is 11.6. The molecule has 0 radical (unpaired) electrons. The molecule has 1 rings (SSSR count). The molecule has 0 N–H and O–H groups in total. The Morgan fingerprint density at radius 2 is 0.667 bits per heavy atom. The van der Waals surface area contributed by atoms with Crippen LogP contribution in [0, 0.1) is 17.8 Å². The van der Waals surface area contributed by atoms with Crippen molar-refractivity contribution in [3.8, 4) is 0 Å². The van der Waals surface area contributed by atoms with Crippen LogP contribution in [0.3, 0.4) is 0 Å². The largest absolute Gasteiger partial charge is 0.545 e. The molecule has 0 aliphatic rings. The lowest BCUT2D eigenvalue weighted by Gasteiger charge is -2.28. The summed E-state index contributed by atoms with van der Waals surface area (Å²) in [5, 5.41) is 37.6. The van der Waals surface area contributed by atoms with Crippen LogP contribution in [-0.2, 0) is 19.3 Å². The van der Waals surface area contributed by atoms with Crippen molar-refractivity contribution in [2.75, 3.05) is 0 Å². The summed E-state index contributed by atoms with van der Waals surface area (Å²) < 4.78 is 0. The summed E-state index contributed by atoms with van der Waals surface area (Å²) in [6.45, 7) is 13.1. The van der Waals surface area contributed by atoms with Gasteiger partial charge in [-0.25, -0.2) is 0 Å². The number of aromatic carboxylic acids is 3. The van der Waals surface area contributed by atoms with Gasteiger partial charge < -0.3 is 29.7 Å². The number of carbonyl (C=O) groups is 3. The van der Waals surface area contributed by atoms with E-state index in [0.717, 1.165) is 77.0 Å². The molecule has 0 bridgehead atoms. The molecule has 0 spiro atoms. The zero-order valence-electron chi connectivity index (χ0n) is 27.4. The van der Waals surface area contributed by atoms with E-state index in [2.05, 4.69) is 41.5 Å². The maximum atomic E-state index is 12.7. The maximum Gasteiger partial charge on any atom is 0.0725 e. The Balaban J connectivity index is 3.44. The van der Waals surface area contributed by atoms with Gasteiger partial charge in [0.2, 0.25) is 0 Å². The lowest BCUT2D eigenvalue weighted by molar-refractivity contribution is -0.260. The van der Waals surface area contributed by atoms with Gasteiger partial charge in [0.15, 0.2) is 0 Å². The second-order valence-electron chi connectivity index (χ2n) is 13.5. The minimum absolute atomic E-state index is 0.0357. The standard InChI is InChI=1S/C36H60O6/c1-25(2)19-13-7-10-16-22-28-29(23-17-11-8-14-20-26(3)4)32(35(39)40)33(36(41)42)30(31(28)34(37)38)24-18-12-9-15-21-27(5)6/h25-27H,7-24H2,1-6H3,(H,37,38)(H,39,40)(H,41,42)/p-3. The lowest BCUT2D eigenvalue weighted by Crippen LogP contribution is -2.36. The molecular formula is C36H57O6-3. The third-order valence-corrected chi connectivity index (χ3v) is 8.31. The molecule has 0 heterocycles. The number of carbonyl (C=O) groups excluding carboxylic acids is 3. The molecule has 0 aliphatic heterocycles. The van der Waals surface area contributed by atoms with E-state index in [1.54, 1.807) is 0 Å². The van der Waals surface area contributed by atoms with E-state index < -0.39 is 23.5 Å². The number of carboxylic acids is 3. The van der Waals surface area contributed by atoms with Crippen molar-refractivity contribution in [2.24, 2.45) is 17.8 Å². The third-order valence-electron chi connectivity index (χ3n) is 8.31. The molecule has 240 valence electrons. The van der Waals surface area contributed by atoms with Crippen molar-refractivity contribution >= 4 is 17.9 Å². The van der Waals surface area contributed by atoms with Crippen LogP contribution in [0.2, 0.25) is 0 Å². The van der Waals surface area contributed by atoms with Gasteiger partial charge in [0.25, 0.3) is 0 Å². The first-order chi connectivity index (χ1) is 19.9. The minimum Gasteiger partial charge on any atom is -0.545 e. The predicted octanol–water partition coefficient (Wildman–Crippen LogP) is 6.22. The Morgan fingerprint density at radius 1 is 0.405 bits per heavy atom. The molecule has 0 amide bonds. The fourth-order valence-electron chi connectivity index (χ4n) is 6.03. The monoisotopic (exact) mass is 585 g/mol. The van der Waals surface area contributed by atoms with E-state index in [0.29, 0.717) is 61.0 Å². The summed E-state index contributed by atoms with van der Waals surface area (Å²) in [5.41, 5.74) is -0.272. The Kier molecular flexibility index (Phi) is 18.4. The maximum absolute atomic E-state index is 12.7. The summed E-state index contributed by atoms with van der Waals surface area (Å²) >= 11 is 0. The molecule has 42 heavy (non-hydrogen) atoms. The average Bonchev–Trinajstić information content (AvgIpc) is 2.88. The predicted molar refractivity (Wildman–Crippen MR) is 164 cm³/mol. The number of carboxylic acid groups (broad SMARTS) is 3. The van der Waals surface area contributed by atoms with Gasteiger partial charge in [0.1, 0.15) is 0 Å². The highest BCUT2D eigenvalue weighted by atomic mass is 16.4. The molecule has 0 saturated heterocycles. The first kappa shape index (κ1) is 37.7. The topological polar surface area (TPSA) is 120 Å². The zero-order valence-corrected chi connectivity index (χ0v) is 27.4. The van der Waals surface area contributed by atoms with Crippen molar-refractivity contribution in [3.05, 3.63) is 33.4 Å². The molecule has 6 heteroatoms. The molecule has 6 nitrogen and oxygen atoms in total. The van der Waals surface area contributed by atoms with E-state index in [1.165, 1.54) is 0 Å². The Hall–Kier alpha value is -2.37. The molecule has 0 saturated carbocycles. The summed E-state index contributed by atoms with van der Waals surface area (Å²) in [7, 11) is 0. The second-order valence-corrected chi connectivity index (χ2v) is 13.5.